The maximum absolute atomic E-state index is 12.7. The summed E-state index contributed by atoms with van der Waals surface area (Å²) in [7, 11) is 5.74. The Labute approximate surface area is 845 Å². The number of alkyl halides is 6. The van der Waals surface area contributed by atoms with E-state index in [0.717, 1.165) is 91.8 Å². The van der Waals surface area contributed by atoms with Crippen LogP contribution in [0.1, 0.15) is 138 Å². The van der Waals surface area contributed by atoms with Crippen molar-refractivity contribution < 1.29 is 40.6 Å². The van der Waals surface area contributed by atoms with Crippen LogP contribution in [-0.4, -0.2) is 126 Å². The summed E-state index contributed by atoms with van der Waals surface area (Å²) in [5, 5.41) is 63.9. The molecule has 0 saturated carbocycles. The highest BCUT2D eigenvalue weighted by Gasteiger charge is 2.33. The van der Waals surface area contributed by atoms with Crippen molar-refractivity contribution >= 4 is 161 Å². The Morgan fingerprint density at radius 3 is 0.972 bits per heavy atom. The second-order valence-corrected chi connectivity index (χ2v) is 31.9. The van der Waals surface area contributed by atoms with E-state index in [4.69, 9.17) is 49.0 Å². The second-order valence-electron chi connectivity index (χ2n) is 30.7. The van der Waals surface area contributed by atoms with Crippen LogP contribution in [0.5, 0.6) is 5.75 Å². The number of anilines is 1. The Hall–Kier alpha value is -17.0. The molecule has 144 heavy (non-hydrogen) atoms. The third-order valence-electron chi connectivity index (χ3n) is 20.1. The summed E-state index contributed by atoms with van der Waals surface area (Å²) in [5.41, 5.74) is 17.6. The minimum atomic E-state index is -4.38. The van der Waals surface area contributed by atoms with Gasteiger partial charge in [-0.2, -0.15) is 72.2 Å². The molecule has 9 aromatic heterocycles. The first kappa shape index (κ1) is 107. The average molecular weight is 2000 g/mol. The zero-order chi connectivity index (χ0) is 102. The van der Waals surface area contributed by atoms with Gasteiger partial charge in [0, 0.05) is 115 Å². The van der Waals surface area contributed by atoms with E-state index in [0.29, 0.717) is 34.5 Å². The molecule has 732 valence electrons. The summed E-state index contributed by atoms with van der Waals surface area (Å²) in [6.45, 7) is 5.19. The van der Waals surface area contributed by atoms with Crippen LogP contribution in [0, 0.1) is 0 Å². The molecule has 0 aliphatic carbocycles. The normalized spacial score (nSPS) is 11.3. The van der Waals surface area contributed by atoms with Crippen LogP contribution >= 0.6 is 34.8 Å². The molecule has 0 atom stereocenters. The monoisotopic (exact) mass is 1990 g/mol. The number of aromatic amines is 9. The van der Waals surface area contributed by atoms with Gasteiger partial charge in [0.1, 0.15) is 5.75 Å². The van der Waals surface area contributed by atoms with Gasteiger partial charge in [0.15, 0.2) is 6.29 Å². The fourth-order valence-electron chi connectivity index (χ4n) is 12.6. The van der Waals surface area contributed by atoms with Gasteiger partial charge in [0.2, 0.25) is 0 Å². The zero-order valence-corrected chi connectivity index (χ0v) is 81.2. The molecule has 0 amide bonds. The molecular weight excluding hydrogens is 1890 g/mol. The van der Waals surface area contributed by atoms with E-state index in [1.54, 1.807) is 105 Å². The topological polar surface area (TPSA) is 289 Å². The van der Waals surface area contributed by atoms with Crippen LogP contribution in [0.2, 0.25) is 15.1 Å². The lowest BCUT2D eigenvalue weighted by molar-refractivity contribution is -0.140. The van der Waals surface area contributed by atoms with Crippen LogP contribution in [0.4, 0.5) is 32.0 Å². The first-order valence-corrected chi connectivity index (χ1v) is 46.1. The number of nitrogens with one attached hydrogen (secondary N) is 9. The van der Waals surface area contributed by atoms with Crippen molar-refractivity contribution in [1.29, 1.82) is 0 Å². The molecule has 0 saturated heterocycles. The average Bonchev–Trinajstić information content (AvgIpc) is 1.53. The predicted molar refractivity (Wildman–Crippen MR) is 575 cm³/mol. The third-order valence-corrected chi connectivity index (χ3v) is 21.1. The number of fused-ring (bicyclic) bond motifs is 1. The highest BCUT2D eigenvalue weighted by atomic mass is 35.5. The number of nitrogens with zero attached hydrogens (tertiary/aromatic N) is 10. The summed E-state index contributed by atoms with van der Waals surface area (Å²) in [4.78, 5) is 2.09. The second kappa shape index (κ2) is 58.8. The van der Waals surface area contributed by atoms with E-state index in [9.17, 15) is 26.3 Å². The van der Waals surface area contributed by atoms with Crippen molar-refractivity contribution in [3.8, 4) is 5.75 Å². The molecule has 0 spiro atoms. The molecule has 0 unspecified atom stereocenters. The Balaban J connectivity index is 0.000000155. The minimum absolute atomic E-state index is 0.0561. The standard InChI is InChI=1S/C16H20N2O2.C15H12N2.C13H15N3.C12H8ClF3N2.C12H9F3N2.C12H12N2O.C11H8Cl2N2.2C11H10N2/c1-3-19-16(20-4-2)14-8-5-13(6-9-14)7-10-15-11-12-17-18-15;1-2-4-14-11-12(5-7-13(14)3-1)6-8-15-9-10-16-17-15;1-16(2)13-7-4-11(5-8-13)3-6-12-9-10-14-15-12;13-11-7-9(12(14,15)16)3-1-8(11)2-4-10-5-6-17-18-10;13-12(14,15)11-4-2-1-3-9(11)5-6-10-7-8-16-17-10;1-15-12-6-3-10(4-7-12)2-5-11-8-9-13-14-11;12-10-2-1-3-11(13)9(10)5-4-8-6-7-14-15-8;2*1-2-4-10(5-3-1)6-7-11-8-9-12-13-11/h5-12,16H,3-4H2,1-2H3,(H,17,18);1-11H,(H,16,17);3-10H,1-2H3,(H,14,15);1-7H,(H,17,18);1-8H,(H,16,17);2-9H,1H3,(H,13,14);1-7H,(H,14,15);2*1-9H,(H,12,13)/b10-7+;8-6+;6-3+;4-2+;6-5+;5-2+;5-4+;2*7-6+. The van der Waals surface area contributed by atoms with Crippen LogP contribution in [-0.2, 0) is 21.8 Å². The van der Waals surface area contributed by atoms with Gasteiger partial charge < -0.3 is 19.1 Å². The largest absolute Gasteiger partial charge is 0.497 e. The van der Waals surface area contributed by atoms with Crippen LogP contribution in [0.25, 0.3) is 120 Å². The highest BCUT2D eigenvalue weighted by Crippen LogP contribution is 2.35. The van der Waals surface area contributed by atoms with Gasteiger partial charge in [0.05, 0.1) is 69.5 Å². The van der Waals surface area contributed by atoms with Crippen molar-refractivity contribution in [1.82, 2.24) is 91.8 Å². The molecule has 31 heteroatoms. The number of rotatable bonds is 25. The van der Waals surface area contributed by atoms with Gasteiger partial charge in [-0.3, -0.25) is 45.9 Å². The van der Waals surface area contributed by atoms with E-state index >= 15 is 0 Å². The molecule has 9 N–H and O–H groups in total. The van der Waals surface area contributed by atoms with Gasteiger partial charge in [-0.25, -0.2) is 0 Å². The van der Waals surface area contributed by atoms with Crippen molar-refractivity contribution in [2.24, 2.45) is 0 Å². The number of hydrogen-bond acceptors (Lipinski definition) is 13. The third kappa shape index (κ3) is 38.6. The summed E-state index contributed by atoms with van der Waals surface area (Å²) in [5.74, 6) is 0.869. The molecule has 0 radical (unpaired) electrons. The fraction of sp³-hybridized carbons (Fsp3) is 0.0885. The van der Waals surface area contributed by atoms with E-state index in [1.807, 2.05) is 234 Å². The lowest BCUT2D eigenvalue weighted by atomic mass is 10.1. The molecule has 9 heterocycles. The molecule has 0 bridgehead atoms. The molecule has 19 aromatic rings. The summed E-state index contributed by atoms with van der Waals surface area (Å²) in [6, 6.07) is 90.6. The minimum Gasteiger partial charge on any atom is -0.497 e. The van der Waals surface area contributed by atoms with E-state index in [-0.39, 0.29) is 16.9 Å². The maximum atomic E-state index is 12.7. The molecule has 19 rings (SSSR count). The van der Waals surface area contributed by atoms with E-state index < -0.39 is 23.5 Å². The summed E-state index contributed by atoms with van der Waals surface area (Å²) in [6.07, 6.45) is 40.6. The number of methoxy groups -OCH3 is 1. The quantitative estimate of drug-likeness (QED) is 0.0190. The summed E-state index contributed by atoms with van der Waals surface area (Å²) < 4.78 is 91.5. The molecule has 0 aliphatic rings. The fourth-order valence-corrected chi connectivity index (χ4v) is 13.4. The highest BCUT2D eigenvalue weighted by molar-refractivity contribution is 6.37. The summed E-state index contributed by atoms with van der Waals surface area (Å²) >= 11 is 17.8. The maximum Gasteiger partial charge on any atom is 0.416 e. The smallest absolute Gasteiger partial charge is 0.416 e. The van der Waals surface area contributed by atoms with Crippen molar-refractivity contribution in [2.45, 2.75) is 32.5 Å². The van der Waals surface area contributed by atoms with Gasteiger partial charge >= 0.3 is 12.4 Å². The van der Waals surface area contributed by atoms with Gasteiger partial charge in [-0.1, -0.05) is 259 Å². The predicted octanol–water partition coefficient (Wildman–Crippen LogP) is 29.5. The molecule has 10 aromatic carbocycles. The number of benzene rings is 10. The Bertz CT molecular complexity index is 6960. The van der Waals surface area contributed by atoms with Crippen molar-refractivity contribution in [2.75, 3.05) is 39.3 Å². The number of H-pyrrole nitrogens is 9. The first-order valence-electron chi connectivity index (χ1n) is 45.0. The van der Waals surface area contributed by atoms with E-state index in [1.165, 1.54) is 69.2 Å². The Morgan fingerprint density at radius 2 is 0.618 bits per heavy atom. The SMILES string of the molecule is C(=C\c1ccn[nH]1)/c1ccc2ccccc2c1.C(=C\c1ccn[nH]1)/c1ccccc1.C(=C\c1ccn[nH]1)/c1ccccc1.CCOC(OCC)c1ccc(/C=C/c2ccn[nH]2)cc1.CN(C)c1ccc(/C=C/c2ccn[nH]2)cc1.COc1ccc(/C=C/c2ccn[nH]2)cc1.Clc1cccc(Cl)c1/C=C/c1ccn[nH]1.FC(F)(F)c1ccc(/C=C/c2ccn[nH]2)c(Cl)c1.FC(F)(F)c1ccccc1/C=C/c1ccn[nH]1. The zero-order valence-electron chi connectivity index (χ0n) is 78.9. The molecule has 0 fully saturated rings. The molecule has 0 aliphatic heterocycles. The van der Waals surface area contributed by atoms with Crippen LogP contribution < -0.4 is 9.64 Å². The lowest BCUT2D eigenvalue weighted by Crippen LogP contribution is -2.08. The van der Waals surface area contributed by atoms with Crippen LogP contribution in [0.15, 0.2) is 347 Å². The van der Waals surface area contributed by atoms with Crippen LogP contribution in [0.3, 0.4) is 0 Å². The van der Waals surface area contributed by atoms with Gasteiger partial charge in [0.25, 0.3) is 0 Å². The molecule has 22 nitrogen and oxygen atoms in total. The Kier molecular flexibility index (Phi) is 43.8. The van der Waals surface area contributed by atoms with Crippen molar-refractivity contribution in [3.05, 3.63) is 480 Å². The first-order chi connectivity index (χ1) is 70.1. The van der Waals surface area contributed by atoms with Crippen molar-refractivity contribution in [3.63, 3.8) is 0 Å². The van der Waals surface area contributed by atoms with Gasteiger partial charge in [-0.15, -0.1) is 0 Å². The van der Waals surface area contributed by atoms with E-state index in [2.05, 4.69) is 200 Å². The molecular formula is C113H104Cl3F6N19O3. The number of aromatic nitrogens is 18. The number of halogens is 9. The number of ether oxygens (including phenoxy) is 3. The number of hydrogen-bond donors (Lipinski definition) is 9. The lowest BCUT2D eigenvalue weighted by Gasteiger charge is -2.17. The Morgan fingerprint density at radius 1 is 0.292 bits per heavy atom. The van der Waals surface area contributed by atoms with Gasteiger partial charge in [-0.05, 0) is 245 Å².